The summed E-state index contributed by atoms with van der Waals surface area (Å²) in [6.07, 6.45) is -0.142. The van der Waals surface area contributed by atoms with Crippen LogP contribution in [-0.4, -0.2) is 58.8 Å². The average molecular weight is 191 g/mol. The molecule has 0 rings (SSSR count). The first-order chi connectivity index (χ1) is 6.28. The Hall–Kier alpha value is -0.160. The van der Waals surface area contributed by atoms with E-state index in [1.807, 2.05) is 0 Å². The van der Waals surface area contributed by atoms with Gasteiger partial charge in [-0.1, -0.05) is 6.92 Å². The maximum absolute atomic E-state index is 5.11. The molecule has 0 atom stereocenters. The molecule has 0 aliphatic rings. The molecular formula is C9H21NO3. The Morgan fingerprint density at radius 1 is 1.15 bits per heavy atom. The van der Waals surface area contributed by atoms with Crippen LogP contribution in [0.5, 0.6) is 0 Å². The molecule has 0 aromatic rings. The molecule has 0 fully saturated rings. The van der Waals surface area contributed by atoms with Crippen molar-refractivity contribution in [3.05, 3.63) is 0 Å². The highest BCUT2D eigenvalue weighted by atomic mass is 16.7. The van der Waals surface area contributed by atoms with Gasteiger partial charge in [0.05, 0.1) is 6.61 Å². The predicted octanol–water partition coefficient (Wildman–Crippen LogP) is 0.574. The highest BCUT2D eigenvalue weighted by molar-refractivity contribution is 4.57. The molecule has 0 aromatic carbocycles. The standard InChI is InChI=1S/C9H21NO3/c1-5-10(6-7-11-2)8-9(12-3)13-4/h9H,5-8H2,1-4H3. The number of rotatable bonds is 8. The second kappa shape index (κ2) is 8.44. The molecule has 4 heteroatoms. The minimum absolute atomic E-state index is 0.142. The molecule has 80 valence electrons. The molecule has 0 heterocycles. The van der Waals surface area contributed by atoms with Gasteiger partial charge in [0, 0.05) is 34.4 Å². The van der Waals surface area contributed by atoms with Crippen LogP contribution in [0.1, 0.15) is 6.92 Å². The predicted molar refractivity (Wildman–Crippen MR) is 51.8 cm³/mol. The van der Waals surface area contributed by atoms with Gasteiger partial charge in [0.25, 0.3) is 0 Å². The van der Waals surface area contributed by atoms with Gasteiger partial charge in [0.15, 0.2) is 6.29 Å². The lowest BCUT2D eigenvalue weighted by atomic mass is 10.4. The van der Waals surface area contributed by atoms with Crippen molar-refractivity contribution >= 4 is 0 Å². The van der Waals surface area contributed by atoms with E-state index in [2.05, 4.69) is 11.8 Å². The first-order valence-electron chi connectivity index (χ1n) is 4.55. The molecule has 0 N–H and O–H groups in total. The molecule has 0 unspecified atom stereocenters. The van der Waals surface area contributed by atoms with Crippen molar-refractivity contribution < 1.29 is 14.2 Å². The van der Waals surface area contributed by atoms with Crippen LogP contribution in [0.3, 0.4) is 0 Å². The Morgan fingerprint density at radius 3 is 2.15 bits per heavy atom. The van der Waals surface area contributed by atoms with E-state index in [9.17, 15) is 0 Å². The van der Waals surface area contributed by atoms with Gasteiger partial charge in [0.2, 0.25) is 0 Å². The lowest BCUT2D eigenvalue weighted by Gasteiger charge is -2.24. The molecule has 0 saturated heterocycles. The molecule has 13 heavy (non-hydrogen) atoms. The molecule has 0 aliphatic carbocycles. The molecule has 0 radical (unpaired) electrons. The molecule has 0 spiro atoms. The van der Waals surface area contributed by atoms with Gasteiger partial charge in [-0.2, -0.15) is 0 Å². The third kappa shape index (κ3) is 5.99. The van der Waals surface area contributed by atoms with Crippen molar-refractivity contribution in [2.75, 3.05) is 47.6 Å². The van der Waals surface area contributed by atoms with Crippen molar-refractivity contribution in [3.63, 3.8) is 0 Å². The van der Waals surface area contributed by atoms with Crippen LogP contribution < -0.4 is 0 Å². The van der Waals surface area contributed by atoms with Crippen molar-refractivity contribution in [2.45, 2.75) is 13.2 Å². The second-order valence-corrected chi connectivity index (χ2v) is 2.79. The summed E-state index contributed by atoms with van der Waals surface area (Å²) in [4.78, 5) is 2.22. The third-order valence-corrected chi connectivity index (χ3v) is 1.99. The Labute approximate surface area is 80.8 Å². The van der Waals surface area contributed by atoms with E-state index in [0.717, 1.165) is 26.2 Å². The summed E-state index contributed by atoms with van der Waals surface area (Å²) in [5.74, 6) is 0. The number of hydrogen-bond donors (Lipinski definition) is 0. The lowest BCUT2D eigenvalue weighted by molar-refractivity contribution is -0.116. The Balaban J connectivity index is 3.67. The van der Waals surface area contributed by atoms with Crippen LogP contribution in [-0.2, 0) is 14.2 Å². The number of nitrogens with zero attached hydrogens (tertiary/aromatic N) is 1. The number of methoxy groups -OCH3 is 3. The summed E-state index contributed by atoms with van der Waals surface area (Å²) in [5, 5.41) is 0. The number of likely N-dealkylation sites (N-methyl/N-ethyl adjacent to an activating group) is 1. The van der Waals surface area contributed by atoms with E-state index in [0.29, 0.717) is 0 Å². The van der Waals surface area contributed by atoms with Gasteiger partial charge in [-0.25, -0.2) is 0 Å². The fourth-order valence-corrected chi connectivity index (χ4v) is 1.06. The fourth-order valence-electron chi connectivity index (χ4n) is 1.06. The molecule has 0 aromatic heterocycles. The van der Waals surface area contributed by atoms with Crippen LogP contribution >= 0.6 is 0 Å². The van der Waals surface area contributed by atoms with E-state index in [1.54, 1.807) is 21.3 Å². The first kappa shape index (κ1) is 12.8. The maximum Gasteiger partial charge on any atom is 0.169 e. The van der Waals surface area contributed by atoms with Gasteiger partial charge in [0.1, 0.15) is 0 Å². The van der Waals surface area contributed by atoms with Crippen LogP contribution in [0.25, 0.3) is 0 Å². The van der Waals surface area contributed by atoms with Crippen LogP contribution in [0.15, 0.2) is 0 Å². The lowest BCUT2D eigenvalue weighted by Crippen LogP contribution is -2.36. The summed E-state index contributed by atoms with van der Waals surface area (Å²) in [6, 6.07) is 0. The van der Waals surface area contributed by atoms with Crippen LogP contribution in [0.2, 0.25) is 0 Å². The smallest absolute Gasteiger partial charge is 0.169 e. The van der Waals surface area contributed by atoms with Crippen LogP contribution in [0.4, 0.5) is 0 Å². The molecular weight excluding hydrogens is 170 g/mol. The highest BCUT2D eigenvalue weighted by Crippen LogP contribution is 1.96. The number of ether oxygens (including phenoxy) is 3. The van der Waals surface area contributed by atoms with Gasteiger partial charge in [-0.15, -0.1) is 0 Å². The average Bonchev–Trinajstić information content (AvgIpc) is 2.19. The van der Waals surface area contributed by atoms with Gasteiger partial charge < -0.3 is 14.2 Å². The van der Waals surface area contributed by atoms with E-state index in [1.165, 1.54) is 0 Å². The summed E-state index contributed by atoms with van der Waals surface area (Å²) in [7, 11) is 5.01. The van der Waals surface area contributed by atoms with Crippen molar-refractivity contribution in [2.24, 2.45) is 0 Å². The largest absolute Gasteiger partial charge is 0.383 e. The van der Waals surface area contributed by atoms with E-state index < -0.39 is 0 Å². The van der Waals surface area contributed by atoms with E-state index >= 15 is 0 Å². The van der Waals surface area contributed by atoms with Crippen LogP contribution in [0, 0.1) is 0 Å². The second-order valence-electron chi connectivity index (χ2n) is 2.79. The first-order valence-corrected chi connectivity index (χ1v) is 4.55. The van der Waals surface area contributed by atoms with E-state index in [-0.39, 0.29) is 6.29 Å². The summed E-state index contributed by atoms with van der Waals surface area (Å²) >= 11 is 0. The van der Waals surface area contributed by atoms with Crippen molar-refractivity contribution in [1.82, 2.24) is 4.90 Å². The number of hydrogen-bond acceptors (Lipinski definition) is 4. The zero-order valence-electron chi connectivity index (χ0n) is 9.08. The Bertz CT molecular complexity index is 107. The summed E-state index contributed by atoms with van der Waals surface area (Å²) in [6.45, 7) is 5.53. The monoisotopic (exact) mass is 191 g/mol. The molecule has 0 saturated carbocycles. The SMILES string of the molecule is CCN(CCOC)CC(OC)OC. The van der Waals surface area contributed by atoms with Gasteiger partial charge >= 0.3 is 0 Å². The molecule has 0 amide bonds. The maximum atomic E-state index is 5.11. The summed E-state index contributed by atoms with van der Waals surface area (Å²) in [5.41, 5.74) is 0. The Kier molecular flexibility index (Phi) is 8.33. The highest BCUT2D eigenvalue weighted by Gasteiger charge is 2.10. The van der Waals surface area contributed by atoms with Crippen molar-refractivity contribution in [3.8, 4) is 0 Å². The molecule has 4 nitrogen and oxygen atoms in total. The zero-order valence-corrected chi connectivity index (χ0v) is 9.08. The third-order valence-electron chi connectivity index (χ3n) is 1.99. The quantitative estimate of drug-likeness (QED) is 0.525. The minimum Gasteiger partial charge on any atom is -0.383 e. The van der Waals surface area contributed by atoms with Gasteiger partial charge in [-0.3, -0.25) is 4.90 Å². The van der Waals surface area contributed by atoms with Gasteiger partial charge in [-0.05, 0) is 6.54 Å². The fraction of sp³-hybridized carbons (Fsp3) is 1.00. The zero-order chi connectivity index (χ0) is 10.1. The van der Waals surface area contributed by atoms with E-state index in [4.69, 9.17) is 14.2 Å². The summed E-state index contributed by atoms with van der Waals surface area (Å²) < 4.78 is 15.2. The Morgan fingerprint density at radius 2 is 1.77 bits per heavy atom. The minimum atomic E-state index is -0.142. The molecule has 0 bridgehead atoms. The van der Waals surface area contributed by atoms with Crippen molar-refractivity contribution in [1.29, 1.82) is 0 Å². The normalized spacial score (nSPS) is 11.5. The topological polar surface area (TPSA) is 30.9 Å². The molecule has 0 aliphatic heterocycles.